The number of benzene rings is 1. The fraction of sp³-hybridized carbons (Fsp3) is 0.400. The molecule has 1 aliphatic carbocycles. The molecule has 2 heterocycles. The van der Waals surface area contributed by atoms with Crippen molar-refractivity contribution in [2.45, 2.75) is 45.7 Å². The Bertz CT molecular complexity index is 1040. The lowest BCUT2D eigenvalue weighted by atomic mass is 9.89. The van der Waals surface area contributed by atoms with Crippen LogP contribution >= 0.6 is 11.3 Å². The second-order valence-electron chi connectivity index (χ2n) is 7.28. The molecule has 0 saturated carbocycles. The predicted molar refractivity (Wildman–Crippen MR) is 106 cm³/mol. The van der Waals surface area contributed by atoms with Gasteiger partial charge in [-0.1, -0.05) is 42.5 Å². The van der Waals surface area contributed by atoms with Crippen LogP contribution in [0.3, 0.4) is 0 Å². The molecule has 2 aromatic heterocycles. The first-order chi connectivity index (χ1) is 13.0. The quantitative estimate of drug-likeness (QED) is 0.753. The average Bonchev–Trinajstić information content (AvgIpc) is 3.02. The molecule has 0 spiro atoms. The Kier molecular flexibility index (Phi) is 4.78. The summed E-state index contributed by atoms with van der Waals surface area (Å²) < 4.78 is 1.18. The van der Waals surface area contributed by atoms with E-state index in [2.05, 4.69) is 22.6 Å². The number of hydrogen-bond acceptors (Lipinski definition) is 5. The Morgan fingerprint density at radius 1 is 1.37 bits per heavy atom. The lowest BCUT2D eigenvalue weighted by molar-refractivity contribution is -0.122. The molecule has 0 radical (unpaired) electrons. The van der Waals surface area contributed by atoms with Crippen LogP contribution < -0.4 is 10.9 Å². The number of thiophene rings is 1. The van der Waals surface area contributed by atoms with E-state index in [-0.39, 0.29) is 24.1 Å². The number of rotatable bonds is 4. The van der Waals surface area contributed by atoms with Crippen LogP contribution in [0.25, 0.3) is 10.2 Å². The third kappa shape index (κ3) is 3.51. The van der Waals surface area contributed by atoms with Gasteiger partial charge in [-0.3, -0.25) is 9.59 Å². The lowest BCUT2D eigenvalue weighted by Gasteiger charge is -2.17. The highest BCUT2D eigenvalue weighted by atomic mass is 32.1. The predicted octanol–water partition coefficient (Wildman–Crippen LogP) is 2.86. The maximum absolute atomic E-state index is 12.9. The van der Waals surface area contributed by atoms with Crippen LogP contribution in [0.15, 0.2) is 35.1 Å². The second-order valence-corrected chi connectivity index (χ2v) is 8.37. The molecular weight excluding hydrogens is 360 g/mol. The lowest BCUT2D eigenvalue weighted by Crippen LogP contribution is -2.35. The molecule has 0 bridgehead atoms. The fourth-order valence-electron chi connectivity index (χ4n) is 3.64. The van der Waals surface area contributed by atoms with E-state index in [1.165, 1.54) is 9.56 Å². The zero-order chi connectivity index (χ0) is 19.0. The van der Waals surface area contributed by atoms with E-state index in [4.69, 9.17) is 0 Å². The number of nitrogens with one attached hydrogen (secondary N) is 1. The summed E-state index contributed by atoms with van der Waals surface area (Å²) >= 11 is 1.57. The number of hydrogen-bond donors (Lipinski definition) is 1. The van der Waals surface area contributed by atoms with Crippen molar-refractivity contribution < 1.29 is 4.79 Å². The van der Waals surface area contributed by atoms with Crippen molar-refractivity contribution in [2.75, 3.05) is 0 Å². The number of carbonyl (C=O) groups excluding carboxylic acids is 1. The van der Waals surface area contributed by atoms with Gasteiger partial charge in [-0.15, -0.1) is 16.4 Å². The smallest absolute Gasteiger partial charge is 0.279 e. The fourth-order valence-corrected chi connectivity index (χ4v) is 4.96. The van der Waals surface area contributed by atoms with Crippen LogP contribution in [0, 0.1) is 5.92 Å². The minimum atomic E-state index is -0.250. The van der Waals surface area contributed by atoms with E-state index < -0.39 is 0 Å². The first-order valence-corrected chi connectivity index (χ1v) is 10.1. The zero-order valence-electron chi connectivity index (χ0n) is 15.4. The maximum atomic E-state index is 12.9. The Morgan fingerprint density at radius 3 is 2.93 bits per heavy atom. The topological polar surface area (TPSA) is 76.9 Å². The number of carbonyl (C=O) groups is 1. The first kappa shape index (κ1) is 17.9. The normalized spacial score (nSPS) is 17.5. The van der Waals surface area contributed by atoms with Crippen molar-refractivity contribution in [3.05, 3.63) is 56.7 Å². The van der Waals surface area contributed by atoms with Crippen LogP contribution in [-0.2, 0) is 24.2 Å². The molecular formula is C20H22N4O2S. The van der Waals surface area contributed by atoms with Crippen molar-refractivity contribution in [3.8, 4) is 0 Å². The maximum Gasteiger partial charge on any atom is 0.279 e. The van der Waals surface area contributed by atoms with Gasteiger partial charge in [-0.05, 0) is 43.2 Å². The van der Waals surface area contributed by atoms with Gasteiger partial charge in [-0.2, -0.15) is 0 Å². The molecule has 3 aromatic rings. The number of amides is 1. The van der Waals surface area contributed by atoms with Crippen LogP contribution in [0.4, 0.5) is 0 Å². The minimum absolute atomic E-state index is 0.125. The monoisotopic (exact) mass is 382 g/mol. The van der Waals surface area contributed by atoms with E-state index in [9.17, 15) is 9.59 Å². The van der Waals surface area contributed by atoms with Crippen LogP contribution in [0.5, 0.6) is 0 Å². The Balaban J connectivity index is 1.56. The van der Waals surface area contributed by atoms with Gasteiger partial charge in [0.15, 0.2) is 4.83 Å². The van der Waals surface area contributed by atoms with Crippen molar-refractivity contribution in [1.29, 1.82) is 0 Å². The van der Waals surface area contributed by atoms with Gasteiger partial charge >= 0.3 is 0 Å². The highest BCUT2D eigenvalue weighted by Gasteiger charge is 2.24. The third-order valence-corrected chi connectivity index (χ3v) is 6.29. The molecule has 27 heavy (non-hydrogen) atoms. The summed E-state index contributed by atoms with van der Waals surface area (Å²) in [7, 11) is 0. The molecule has 0 fully saturated rings. The average molecular weight is 382 g/mol. The number of fused-ring (bicyclic) bond motifs is 3. The largest absolute Gasteiger partial charge is 0.348 e. The highest BCUT2D eigenvalue weighted by molar-refractivity contribution is 7.18. The number of nitrogens with zero attached hydrogens (tertiary/aromatic N) is 3. The Labute approximate surface area is 161 Å². The highest BCUT2D eigenvalue weighted by Crippen LogP contribution is 2.35. The molecule has 0 unspecified atom stereocenters. The third-order valence-electron chi connectivity index (χ3n) is 5.16. The standard InChI is InChI=1S/C20H22N4O2S/c1-12-8-9-15-16(10-12)27-19-18(15)20(26)24(23-22-19)11-17(25)21-13(2)14-6-4-3-5-7-14/h3-7,12-13H,8-11H2,1-2H3,(H,21,25)/t12-,13+/m0/s1. The first-order valence-electron chi connectivity index (χ1n) is 9.25. The van der Waals surface area contributed by atoms with Gasteiger partial charge in [0.25, 0.3) is 5.56 Å². The number of aromatic nitrogens is 3. The molecule has 2 atom stereocenters. The molecule has 4 rings (SSSR count). The van der Waals surface area contributed by atoms with E-state index >= 15 is 0 Å². The van der Waals surface area contributed by atoms with E-state index in [1.54, 1.807) is 11.3 Å². The molecule has 140 valence electrons. The molecule has 0 aliphatic heterocycles. The minimum Gasteiger partial charge on any atom is -0.348 e. The van der Waals surface area contributed by atoms with Gasteiger partial charge in [0.05, 0.1) is 11.4 Å². The van der Waals surface area contributed by atoms with Crippen LogP contribution in [-0.4, -0.2) is 20.9 Å². The summed E-state index contributed by atoms with van der Waals surface area (Å²) in [6.07, 6.45) is 2.97. The van der Waals surface area contributed by atoms with Crippen LogP contribution in [0.1, 0.15) is 42.3 Å². The second kappa shape index (κ2) is 7.23. The molecule has 0 saturated heterocycles. The van der Waals surface area contributed by atoms with Gasteiger partial charge in [0, 0.05) is 4.88 Å². The number of aryl methyl sites for hydroxylation is 1. The van der Waals surface area contributed by atoms with Crippen LogP contribution in [0.2, 0.25) is 0 Å². The van der Waals surface area contributed by atoms with Crippen molar-refractivity contribution in [3.63, 3.8) is 0 Å². The van der Waals surface area contributed by atoms with E-state index in [0.29, 0.717) is 16.1 Å². The molecule has 6 nitrogen and oxygen atoms in total. The molecule has 1 amide bonds. The summed E-state index contributed by atoms with van der Waals surface area (Å²) in [5, 5.41) is 11.8. The van der Waals surface area contributed by atoms with Gasteiger partial charge in [-0.25, -0.2) is 4.68 Å². The SMILES string of the molecule is C[C@H]1CCc2c(sc3nnn(CC(=O)N[C@H](C)c4ccccc4)c(=O)c23)C1. The summed E-state index contributed by atoms with van der Waals surface area (Å²) in [5.74, 6) is 0.380. The van der Waals surface area contributed by atoms with Crippen molar-refractivity contribution in [2.24, 2.45) is 5.92 Å². The van der Waals surface area contributed by atoms with Gasteiger partial charge in [0.1, 0.15) is 6.54 Å². The summed E-state index contributed by atoms with van der Waals surface area (Å²) in [6, 6.07) is 9.58. The van der Waals surface area contributed by atoms with E-state index in [0.717, 1.165) is 30.4 Å². The summed E-state index contributed by atoms with van der Waals surface area (Å²) in [5.41, 5.74) is 1.91. The van der Waals surface area contributed by atoms with E-state index in [1.807, 2.05) is 37.3 Å². The summed E-state index contributed by atoms with van der Waals surface area (Å²) in [6.45, 7) is 4.02. The Morgan fingerprint density at radius 2 is 2.15 bits per heavy atom. The molecule has 1 N–H and O–H groups in total. The van der Waals surface area contributed by atoms with Gasteiger partial charge < -0.3 is 5.32 Å². The molecule has 1 aromatic carbocycles. The Hall–Kier alpha value is -2.54. The molecule has 7 heteroatoms. The molecule has 1 aliphatic rings. The zero-order valence-corrected chi connectivity index (χ0v) is 16.3. The van der Waals surface area contributed by atoms with Crippen molar-refractivity contribution >= 4 is 27.5 Å². The van der Waals surface area contributed by atoms with Crippen molar-refractivity contribution in [1.82, 2.24) is 20.3 Å². The van der Waals surface area contributed by atoms with Gasteiger partial charge in [0.2, 0.25) is 5.91 Å². The summed E-state index contributed by atoms with van der Waals surface area (Å²) in [4.78, 5) is 27.3.